The van der Waals surface area contributed by atoms with E-state index in [9.17, 15) is 4.79 Å². The van der Waals surface area contributed by atoms with Crippen molar-refractivity contribution in [2.75, 3.05) is 0 Å². The molecule has 0 bridgehead atoms. The molecule has 4 aromatic rings. The highest BCUT2D eigenvalue weighted by Gasteiger charge is 2.19. The van der Waals surface area contributed by atoms with Gasteiger partial charge in [-0.1, -0.05) is 48.5 Å². The van der Waals surface area contributed by atoms with Gasteiger partial charge in [0.25, 0.3) is 0 Å². The number of aromatic nitrogens is 3. The van der Waals surface area contributed by atoms with Gasteiger partial charge in [-0.05, 0) is 42.3 Å². The Labute approximate surface area is 186 Å². The molecular weight excluding hydrogens is 406 g/mol. The van der Waals surface area contributed by atoms with Crippen molar-refractivity contribution in [3.63, 3.8) is 0 Å². The first kappa shape index (κ1) is 21.2. The average molecular weight is 429 g/mol. The van der Waals surface area contributed by atoms with E-state index in [-0.39, 0.29) is 12.6 Å². The van der Waals surface area contributed by atoms with Crippen LogP contribution >= 0.6 is 0 Å². The van der Waals surface area contributed by atoms with E-state index in [0.29, 0.717) is 29.8 Å². The molecule has 0 spiro atoms. The van der Waals surface area contributed by atoms with Crippen molar-refractivity contribution >= 4 is 5.97 Å². The van der Waals surface area contributed by atoms with Crippen LogP contribution in [-0.4, -0.2) is 21.1 Å². The maximum Gasteiger partial charge on any atom is 0.309 e. The molecule has 4 rings (SSSR count). The Morgan fingerprint density at radius 2 is 1.81 bits per heavy atom. The molecule has 0 saturated carbocycles. The van der Waals surface area contributed by atoms with E-state index in [2.05, 4.69) is 15.1 Å². The van der Waals surface area contributed by atoms with Crippen LogP contribution in [-0.2, 0) is 22.6 Å². The lowest BCUT2D eigenvalue weighted by Crippen LogP contribution is -2.17. The van der Waals surface area contributed by atoms with Gasteiger partial charge in [0.15, 0.2) is 0 Å². The van der Waals surface area contributed by atoms with Crippen molar-refractivity contribution in [3.8, 4) is 23.0 Å². The number of carbonyl (C=O) groups excluding carboxylic acids is 1. The van der Waals surface area contributed by atoms with Gasteiger partial charge in [-0.25, -0.2) is 4.98 Å². The fourth-order valence-electron chi connectivity index (χ4n) is 2.98. The molecule has 0 N–H and O–H groups in total. The van der Waals surface area contributed by atoms with Gasteiger partial charge in [0.2, 0.25) is 17.6 Å². The number of carbonyl (C=O) groups is 1. The van der Waals surface area contributed by atoms with Crippen LogP contribution in [0.4, 0.5) is 0 Å². The van der Waals surface area contributed by atoms with Gasteiger partial charge in [-0.15, -0.1) is 0 Å². The number of pyridine rings is 1. The average Bonchev–Trinajstić information content (AvgIpc) is 3.28. The van der Waals surface area contributed by atoms with Crippen molar-refractivity contribution in [2.45, 2.75) is 26.9 Å². The van der Waals surface area contributed by atoms with Crippen molar-refractivity contribution < 1.29 is 18.8 Å². The van der Waals surface area contributed by atoms with E-state index in [4.69, 9.17) is 14.0 Å². The van der Waals surface area contributed by atoms with Crippen molar-refractivity contribution in [1.29, 1.82) is 0 Å². The van der Waals surface area contributed by atoms with Gasteiger partial charge in [-0.2, -0.15) is 4.98 Å². The number of hydrogen-bond donors (Lipinski definition) is 0. The third-order valence-electron chi connectivity index (χ3n) is 4.79. The molecule has 32 heavy (non-hydrogen) atoms. The third kappa shape index (κ3) is 5.57. The van der Waals surface area contributed by atoms with Gasteiger partial charge in [0.1, 0.15) is 12.4 Å². The van der Waals surface area contributed by atoms with Crippen LogP contribution in [0.5, 0.6) is 11.6 Å². The standard InChI is InChI=1S/C25H23N3O4/c1-17-8-13-22(26-15-17)31-21-11-9-20(10-12-21)24-27-23(32-28-24)14-18(2)25(29)30-16-19-6-4-3-5-7-19/h3-13,15,18H,14,16H2,1-2H3/t18-/m0/s1. The Morgan fingerprint density at radius 3 is 2.53 bits per heavy atom. The lowest BCUT2D eigenvalue weighted by atomic mass is 10.1. The molecular formula is C25H23N3O4. The Balaban J connectivity index is 1.32. The molecule has 0 amide bonds. The summed E-state index contributed by atoms with van der Waals surface area (Å²) in [4.78, 5) is 20.9. The van der Waals surface area contributed by atoms with E-state index >= 15 is 0 Å². The predicted octanol–water partition coefficient (Wildman–Crippen LogP) is 5.15. The highest BCUT2D eigenvalue weighted by atomic mass is 16.5. The molecule has 2 aromatic heterocycles. The minimum atomic E-state index is -0.398. The number of esters is 1. The van der Waals surface area contributed by atoms with E-state index in [1.807, 2.05) is 73.7 Å². The molecule has 7 nitrogen and oxygen atoms in total. The van der Waals surface area contributed by atoms with Crippen molar-refractivity contribution in [2.24, 2.45) is 5.92 Å². The van der Waals surface area contributed by atoms with E-state index in [1.165, 1.54) is 0 Å². The molecule has 1 atom stereocenters. The Kier molecular flexibility index (Phi) is 6.55. The highest BCUT2D eigenvalue weighted by Crippen LogP contribution is 2.24. The molecule has 7 heteroatoms. The maximum atomic E-state index is 12.3. The first-order valence-electron chi connectivity index (χ1n) is 10.3. The summed E-state index contributed by atoms with van der Waals surface area (Å²) in [6.45, 7) is 3.99. The smallest absolute Gasteiger partial charge is 0.309 e. The summed E-state index contributed by atoms with van der Waals surface area (Å²) in [6.07, 6.45) is 2.06. The molecule has 0 unspecified atom stereocenters. The molecule has 0 radical (unpaired) electrons. The summed E-state index contributed by atoms with van der Waals surface area (Å²) in [7, 11) is 0. The number of aryl methyl sites for hydroxylation is 1. The Bertz CT molecular complexity index is 1160. The van der Waals surface area contributed by atoms with Crippen LogP contribution < -0.4 is 4.74 Å². The SMILES string of the molecule is Cc1ccc(Oc2ccc(-c3noc(C[C@H](C)C(=O)OCc4ccccc4)n3)cc2)nc1. The molecule has 2 heterocycles. The van der Waals surface area contributed by atoms with Gasteiger partial charge >= 0.3 is 5.97 Å². The fraction of sp³-hybridized carbons (Fsp3) is 0.200. The summed E-state index contributed by atoms with van der Waals surface area (Å²) in [5.74, 6) is 1.31. The fourth-order valence-corrected chi connectivity index (χ4v) is 2.98. The monoisotopic (exact) mass is 429 g/mol. The molecule has 0 fully saturated rings. The second-order valence-electron chi connectivity index (χ2n) is 7.51. The van der Waals surface area contributed by atoms with Gasteiger partial charge in [0, 0.05) is 24.2 Å². The normalized spacial score (nSPS) is 11.7. The van der Waals surface area contributed by atoms with Crippen LogP contribution in [0, 0.1) is 12.8 Å². The van der Waals surface area contributed by atoms with Crippen LogP contribution in [0.2, 0.25) is 0 Å². The summed E-state index contributed by atoms with van der Waals surface area (Å²) < 4.78 is 16.4. The summed E-state index contributed by atoms with van der Waals surface area (Å²) >= 11 is 0. The minimum absolute atomic E-state index is 0.242. The van der Waals surface area contributed by atoms with Gasteiger partial charge in [-0.3, -0.25) is 4.79 Å². The van der Waals surface area contributed by atoms with E-state index in [1.54, 1.807) is 13.1 Å². The quantitative estimate of drug-likeness (QED) is 0.358. The maximum absolute atomic E-state index is 12.3. The van der Waals surface area contributed by atoms with Crippen LogP contribution in [0.25, 0.3) is 11.4 Å². The van der Waals surface area contributed by atoms with Crippen LogP contribution in [0.3, 0.4) is 0 Å². The van der Waals surface area contributed by atoms with Gasteiger partial charge < -0.3 is 14.0 Å². The third-order valence-corrected chi connectivity index (χ3v) is 4.79. The molecule has 0 aliphatic carbocycles. The number of hydrogen-bond acceptors (Lipinski definition) is 7. The number of ether oxygens (including phenoxy) is 2. The zero-order chi connectivity index (χ0) is 22.3. The molecule has 162 valence electrons. The zero-order valence-corrected chi connectivity index (χ0v) is 17.9. The molecule has 0 aliphatic rings. The molecule has 0 aliphatic heterocycles. The summed E-state index contributed by atoms with van der Waals surface area (Å²) in [5, 5.41) is 4.02. The first-order chi connectivity index (χ1) is 15.6. The van der Waals surface area contributed by atoms with Crippen molar-refractivity contribution in [3.05, 3.63) is 89.9 Å². The van der Waals surface area contributed by atoms with Crippen LogP contribution in [0.15, 0.2) is 77.4 Å². The largest absolute Gasteiger partial charge is 0.461 e. The van der Waals surface area contributed by atoms with E-state index < -0.39 is 5.92 Å². The first-order valence-corrected chi connectivity index (χ1v) is 10.3. The van der Waals surface area contributed by atoms with Crippen LogP contribution in [0.1, 0.15) is 23.9 Å². The minimum Gasteiger partial charge on any atom is -0.461 e. The number of nitrogens with zero attached hydrogens (tertiary/aromatic N) is 3. The second kappa shape index (κ2) is 9.87. The molecule has 0 saturated heterocycles. The lowest BCUT2D eigenvalue weighted by molar-refractivity contribution is -0.149. The highest BCUT2D eigenvalue weighted by molar-refractivity contribution is 5.72. The zero-order valence-electron chi connectivity index (χ0n) is 17.9. The lowest BCUT2D eigenvalue weighted by Gasteiger charge is -2.09. The number of benzene rings is 2. The topological polar surface area (TPSA) is 87.3 Å². The summed E-state index contributed by atoms with van der Waals surface area (Å²) in [6, 6.07) is 20.6. The van der Waals surface area contributed by atoms with Gasteiger partial charge in [0.05, 0.1) is 5.92 Å². The summed E-state index contributed by atoms with van der Waals surface area (Å²) in [5.41, 5.74) is 2.79. The molecule has 2 aromatic carbocycles. The van der Waals surface area contributed by atoms with Crippen molar-refractivity contribution in [1.82, 2.24) is 15.1 Å². The number of rotatable bonds is 8. The Morgan fingerprint density at radius 1 is 1.03 bits per heavy atom. The predicted molar refractivity (Wildman–Crippen MR) is 118 cm³/mol. The Hall–Kier alpha value is -4.00. The van der Waals surface area contributed by atoms with E-state index in [0.717, 1.165) is 16.7 Å². The second-order valence-corrected chi connectivity index (χ2v) is 7.51.